The van der Waals surface area contributed by atoms with Crippen LogP contribution < -0.4 is 5.73 Å². The summed E-state index contributed by atoms with van der Waals surface area (Å²) in [7, 11) is -1.83. The quantitative estimate of drug-likeness (QED) is 0.874. The van der Waals surface area contributed by atoms with Crippen LogP contribution in [0.15, 0.2) is 29.2 Å². The van der Waals surface area contributed by atoms with Gasteiger partial charge in [0.2, 0.25) is 10.0 Å². The van der Waals surface area contributed by atoms with Gasteiger partial charge in [-0.25, -0.2) is 12.7 Å². The highest BCUT2D eigenvalue weighted by molar-refractivity contribution is 7.89. The van der Waals surface area contributed by atoms with Crippen LogP contribution in [-0.2, 0) is 16.4 Å². The predicted molar refractivity (Wildman–Crippen MR) is 85.7 cm³/mol. The predicted octanol–water partition coefficient (Wildman–Crippen LogP) is 2.28. The van der Waals surface area contributed by atoms with Crippen LogP contribution in [0.1, 0.15) is 26.3 Å². The minimum Gasteiger partial charge on any atom is -0.330 e. The Morgan fingerprint density at radius 1 is 1.20 bits per heavy atom. The van der Waals surface area contributed by atoms with E-state index < -0.39 is 10.0 Å². The number of benzene rings is 1. The average Bonchev–Trinajstić information content (AvgIpc) is 2.38. The van der Waals surface area contributed by atoms with Crippen molar-refractivity contribution in [3.05, 3.63) is 29.8 Å². The van der Waals surface area contributed by atoms with Gasteiger partial charge < -0.3 is 5.73 Å². The molecule has 116 valence electrons. The molecule has 1 rings (SSSR count). The van der Waals surface area contributed by atoms with Crippen LogP contribution in [0.5, 0.6) is 0 Å². The topological polar surface area (TPSA) is 63.4 Å². The summed E-state index contributed by atoms with van der Waals surface area (Å²) in [6, 6.07) is 7.05. The van der Waals surface area contributed by atoms with E-state index in [9.17, 15) is 8.42 Å². The molecular formula is C14H25ClN2O2S. The molecule has 0 aliphatic carbocycles. The van der Waals surface area contributed by atoms with Crippen LogP contribution in [0.25, 0.3) is 0 Å². The second kappa shape index (κ2) is 7.41. The minimum atomic E-state index is -3.43. The monoisotopic (exact) mass is 320 g/mol. The zero-order valence-electron chi connectivity index (χ0n) is 12.6. The number of halogens is 1. The first-order valence-electron chi connectivity index (χ1n) is 6.48. The summed E-state index contributed by atoms with van der Waals surface area (Å²) in [6.45, 7) is 6.81. The molecule has 4 nitrogen and oxygen atoms in total. The van der Waals surface area contributed by atoms with E-state index in [2.05, 4.69) is 0 Å². The van der Waals surface area contributed by atoms with E-state index in [1.165, 1.54) is 4.31 Å². The molecule has 0 amide bonds. The molecule has 0 unspecified atom stereocenters. The molecule has 0 saturated carbocycles. The normalized spacial score (nSPS) is 12.3. The molecule has 0 spiro atoms. The van der Waals surface area contributed by atoms with Crippen molar-refractivity contribution in [1.29, 1.82) is 0 Å². The number of nitrogens with two attached hydrogens (primary N) is 1. The molecule has 0 aliphatic heterocycles. The van der Waals surface area contributed by atoms with Crippen LogP contribution in [-0.4, -0.2) is 32.9 Å². The molecule has 0 saturated heterocycles. The summed E-state index contributed by atoms with van der Waals surface area (Å²) in [5.74, 6) is 0. The second-order valence-corrected chi connectivity index (χ2v) is 7.67. The lowest BCUT2D eigenvalue weighted by Crippen LogP contribution is -2.39. The zero-order valence-corrected chi connectivity index (χ0v) is 14.2. The van der Waals surface area contributed by atoms with Gasteiger partial charge in [-0.05, 0) is 36.1 Å². The molecule has 0 heterocycles. The van der Waals surface area contributed by atoms with Crippen molar-refractivity contribution in [2.45, 2.75) is 32.1 Å². The van der Waals surface area contributed by atoms with Crippen molar-refractivity contribution >= 4 is 22.4 Å². The van der Waals surface area contributed by atoms with Crippen molar-refractivity contribution in [3.8, 4) is 0 Å². The lowest BCUT2D eigenvalue weighted by atomic mass is 9.94. The maximum Gasteiger partial charge on any atom is 0.242 e. The number of rotatable bonds is 6. The van der Waals surface area contributed by atoms with Crippen LogP contribution in [0, 0.1) is 5.41 Å². The molecule has 6 heteroatoms. The first-order valence-corrected chi connectivity index (χ1v) is 7.92. The fraction of sp³-hybridized carbons (Fsp3) is 0.571. The maximum atomic E-state index is 12.4. The Labute approximate surface area is 128 Å². The molecule has 1 aromatic carbocycles. The molecule has 0 atom stereocenters. The Morgan fingerprint density at radius 2 is 1.70 bits per heavy atom. The van der Waals surface area contributed by atoms with Crippen molar-refractivity contribution in [2.24, 2.45) is 11.1 Å². The van der Waals surface area contributed by atoms with Gasteiger partial charge in [0, 0.05) is 13.6 Å². The van der Waals surface area contributed by atoms with E-state index in [4.69, 9.17) is 5.73 Å². The molecule has 0 radical (unpaired) electrons. The molecule has 1 aromatic rings. The summed E-state index contributed by atoms with van der Waals surface area (Å²) < 4.78 is 26.2. The summed E-state index contributed by atoms with van der Waals surface area (Å²) in [5, 5.41) is 0. The Kier molecular flexibility index (Phi) is 7.18. The first-order chi connectivity index (χ1) is 8.73. The van der Waals surface area contributed by atoms with Crippen LogP contribution in [0.4, 0.5) is 0 Å². The molecule has 0 fully saturated rings. The fourth-order valence-corrected chi connectivity index (χ4v) is 3.19. The summed E-state index contributed by atoms with van der Waals surface area (Å²) in [4.78, 5) is 0.333. The Morgan fingerprint density at radius 3 is 2.10 bits per heavy atom. The van der Waals surface area contributed by atoms with Gasteiger partial charge in [0.05, 0.1) is 4.90 Å². The smallest absolute Gasteiger partial charge is 0.242 e. The lowest BCUT2D eigenvalue weighted by molar-refractivity contribution is 0.292. The third-order valence-corrected chi connectivity index (χ3v) is 5.06. The highest BCUT2D eigenvalue weighted by Crippen LogP contribution is 2.21. The van der Waals surface area contributed by atoms with Crippen molar-refractivity contribution in [2.75, 3.05) is 20.1 Å². The van der Waals surface area contributed by atoms with E-state index in [0.29, 0.717) is 18.0 Å². The third kappa shape index (κ3) is 4.74. The van der Waals surface area contributed by atoms with Gasteiger partial charge in [-0.1, -0.05) is 32.9 Å². The largest absolute Gasteiger partial charge is 0.330 e. The van der Waals surface area contributed by atoms with Crippen LogP contribution in [0.2, 0.25) is 0 Å². The number of sulfonamides is 1. The minimum absolute atomic E-state index is 0. The van der Waals surface area contributed by atoms with Gasteiger partial charge in [0.1, 0.15) is 0 Å². The molecule has 0 bridgehead atoms. The van der Waals surface area contributed by atoms with Gasteiger partial charge in [-0.15, -0.1) is 12.4 Å². The zero-order chi connectivity index (χ0) is 14.7. The highest BCUT2D eigenvalue weighted by Gasteiger charge is 2.26. The SMILES string of the molecule is CCc1ccc(S(=O)(=O)N(C)CC(C)(C)CN)cc1.Cl. The Balaban J connectivity index is 0.00000361. The molecular weight excluding hydrogens is 296 g/mol. The molecule has 0 aliphatic rings. The number of hydrogen-bond donors (Lipinski definition) is 1. The standard InChI is InChI=1S/C14H24N2O2S.ClH/c1-5-12-6-8-13(9-7-12)19(17,18)16(4)11-14(2,3)10-15;/h6-9H,5,10-11,15H2,1-4H3;1H. The van der Waals surface area contributed by atoms with E-state index in [1.807, 2.05) is 32.9 Å². The van der Waals surface area contributed by atoms with Crippen LogP contribution in [0.3, 0.4) is 0 Å². The summed E-state index contributed by atoms with van der Waals surface area (Å²) >= 11 is 0. The van der Waals surface area contributed by atoms with Crippen molar-refractivity contribution < 1.29 is 8.42 Å². The maximum absolute atomic E-state index is 12.4. The Bertz CT molecular complexity index is 512. The summed E-state index contributed by atoms with van der Waals surface area (Å²) in [6.07, 6.45) is 0.899. The van der Waals surface area contributed by atoms with Crippen LogP contribution >= 0.6 is 12.4 Å². The van der Waals surface area contributed by atoms with E-state index >= 15 is 0 Å². The Hall–Kier alpha value is -0.620. The highest BCUT2D eigenvalue weighted by atomic mass is 35.5. The average molecular weight is 321 g/mol. The van der Waals surface area contributed by atoms with Gasteiger partial charge in [0.15, 0.2) is 0 Å². The van der Waals surface area contributed by atoms with E-state index in [0.717, 1.165) is 12.0 Å². The van der Waals surface area contributed by atoms with Gasteiger partial charge in [0.25, 0.3) is 0 Å². The van der Waals surface area contributed by atoms with E-state index in [-0.39, 0.29) is 17.8 Å². The van der Waals surface area contributed by atoms with Crippen molar-refractivity contribution in [1.82, 2.24) is 4.31 Å². The number of nitrogens with zero attached hydrogens (tertiary/aromatic N) is 1. The molecule has 20 heavy (non-hydrogen) atoms. The lowest BCUT2D eigenvalue weighted by Gasteiger charge is -2.28. The second-order valence-electron chi connectivity index (χ2n) is 5.63. The first kappa shape index (κ1) is 19.4. The van der Waals surface area contributed by atoms with E-state index in [1.54, 1.807) is 19.2 Å². The number of hydrogen-bond acceptors (Lipinski definition) is 3. The van der Waals surface area contributed by atoms with Crippen molar-refractivity contribution in [3.63, 3.8) is 0 Å². The van der Waals surface area contributed by atoms with Gasteiger partial charge >= 0.3 is 0 Å². The summed E-state index contributed by atoms with van der Waals surface area (Å²) in [5.41, 5.74) is 6.55. The third-order valence-electron chi connectivity index (χ3n) is 3.24. The van der Waals surface area contributed by atoms with Gasteiger partial charge in [-0.3, -0.25) is 0 Å². The molecule has 0 aromatic heterocycles. The van der Waals surface area contributed by atoms with Gasteiger partial charge in [-0.2, -0.15) is 0 Å². The number of aryl methyl sites for hydroxylation is 1. The molecule has 2 N–H and O–H groups in total. The fourth-order valence-electron chi connectivity index (χ4n) is 1.83.